The molecule has 0 amide bonds. The molecule has 2 nitrogen and oxygen atoms in total. The van der Waals surface area contributed by atoms with E-state index in [2.05, 4.69) is 6.92 Å². The van der Waals surface area contributed by atoms with Crippen molar-refractivity contribution >= 4 is 31.8 Å². The van der Waals surface area contributed by atoms with Gasteiger partial charge in [-0.25, -0.2) is 0 Å². The topological polar surface area (TPSA) is 40.1 Å². The first-order valence-electron chi connectivity index (χ1n) is 5.97. The standard InChI is InChI=1S/C12H24O2.2BrH.In/c1-2-3-4-5-6-7-8-9-10-11-12(13)14;;;/h2-11H2,1H3,(H,13,14);2*1H;/q;;;+3/p-3. The Bertz CT molecular complexity index is 146. The molecule has 0 unspecified atom stereocenters. The van der Waals surface area contributed by atoms with Crippen LogP contribution in [-0.4, -0.2) is 31.8 Å². The van der Waals surface area contributed by atoms with Crippen LogP contribution in [0.25, 0.3) is 0 Å². The molecule has 0 spiro atoms. The van der Waals surface area contributed by atoms with Crippen LogP contribution in [0.5, 0.6) is 0 Å². The zero-order valence-electron chi connectivity index (χ0n) is 10.7. The molecule has 0 bridgehead atoms. The Morgan fingerprint density at radius 2 is 1.18 bits per heavy atom. The number of unbranched alkanes of at least 4 members (excludes halogenated alkanes) is 8. The van der Waals surface area contributed by atoms with Gasteiger partial charge in [-0.2, -0.15) is 0 Å². The fourth-order valence-electron chi connectivity index (χ4n) is 1.58. The third-order valence-electron chi connectivity index (χ3n) is 2.48. The molecule has 17 heavy (non-hydrogen) atoms. The molecule has 0 fully saturated rings. The number of hydrogen-bond donors (Lipinski definition) is 0. The third-order valence-corrected chi connectivity index (χ3v) is 2.48. The molecule has 0 aromatic carbocycles. The van der Waals surface area contributed by atoms with Crippen LogP contribution < -0.4 is 39.1 Å². The normalized spacial score (nSPS) is 8.53. The molecule has 0 aliphatic heterocycles. The molecule has 0 aromatic rings. The fraction of sp³-hybridized carbons (Fsp3) is 0.917. The van der Waals surface area contributed by atoms with E-state index in [1.165, 1.54) is 44.9 Å². The minimum absolute atomic E-state index is 0. The van der Waals surface area contributed by atoms with Crippen LogP contribution in [0.1, 0.15) is 71.1 Å². The smallest absolute Gasteiger partial charge is 1.00 e. The van der Waals surface area contributed by atoms with Crippen LogP contribution in [0.15, 0.2) is 0 Å². The van der Waals surface area contributed by atoms with Crippen molar-refractivity contribution in [3.63, 3.8) is 0 Å². The molecule has 0 rings (SSSR count). The van der Waals surface area contributed by atoms with Gasteiger partial charge in [-0.1, -0.05) is 58.3 Å². The summed E-state index contributed by atoms with van der Waals surface area (Å²) in [7, 11) is 0. The van der Waals surface area contributed by atoms with Crippen molar-refractivity contribution in [2.75, 3.05) is 0 Å². The first-order chi connectivity index (χ1) is 6.77. The SMILES string of the molecule is CCCCCCCCCCCC(=O)[O-].[Br-].[Br-].[In+3]. The molecular formula is C12H23Br2InO2. The van der Waals surface area contributed by atoms with Gasteiger partial charge in [0.2, 0.25) is 0 Å². The molecule has 5 heteroatoms. The summed E-state index contributed by atoms with van der Waals surface area (Å²) in [6.45, 7) is 2.22. The maximum Gasteiger partial charge on any atom is 3.00 e. The minimum Gasteiger partial charge on any atom is -1.00 e. The summed E-state index contributed by atoms with van der Waals surface area (Å²) >= 11 is 0. The van der Waals surface area contributed by atoms with Gasteiger partial charge in [-0.15, -0.1) is 0 Å². The van der Waals surface area contributed by atoms with E-state index in [1.807, 2.05) is 0 Å². The third kappa shape index (κ3) is 26.8. The molecule has 0 atom stereocenters. The van der Waals surface area contributed by atoms with Gasteiger partial charge in [0.05, 0.1) is 0 Å². The maximum absolute atomic E-state index is 10.1. The Hall–Kier alpha value is 1.30. The van der Waals surface area contributed by atoms with Crippen molar-refractivity contribution < 1.29 is 43.9 Å². The molecular weight excluding hydrogens is 451 g/mol. The first kappa shape index (κ1) is 26.8. The van der Waals surface area contributed by atoms with Crippen molar-refractivity contribution in [1.29, 1.82) is 0 Å². The Morgan fingerprint density at radius 1 is 0.824 bits per heavy atom. The molecule has 100 valence electrons. The van der Waals surface area contributed by atoms with Crippen LogP contribution in [0.4, 0.5) is 0 Å². The summed E-state index contributed by atoms with van der Waals surface area (Å²) in [5.74, 6) is -0.909. The van der Waals surface area contributed by atoms with Gasteiger partial charge < -0.3 is 43.9 Å². The second-order valence-electron chi connectivity index (χ2n) is 3.95. The van der Waals surface area contributed by atoms with E-state index in [1.54, 1.807) is 0 Å². The zero-order valence-corrected chi connectivity index (χ0v) is 17.2. The van der Waals surface area contributed by atoms with Crippen LogP contribution in [0, 0.1) is 0 Å². The second kappa shape index (κ2) is 22.5. The van der Waals surface area contributed by atoms with Gasteiger partial charge >= 0.3 is 25.8 Å². The molecule has 0 saturated heterocycles. The van der Waals surface area contributed by atoms with Crippen LogP contribution in [0.2, 0.25) is 0 Å². The predicted octanol–water partition coefficient (Wildman–Crippen LogP) is -3.72. The molecule has 0 aliphatic rings. The van der Waals surface area contributed by atoms with Gasteiger partial charge in [0, 0.05) is 5.97 Å². The number of hydrogen-bond acceptors (Lipinski definition) is 2. The van der Waals surface area contributed by atoms with Gasteiger partial charge in [-0.3, -0.25) is 0 Å². The minimum atomic E-state index is -0.909. The summed E-state index contributed by atoms with van der Waals surface area (Å²) in [5.41, 5.74) is 0. The Balaban J connectivity index is -0.000000282. The van der Waals surface area contributed by atoms with E-state index in [9.17, 15) is 9.90 Å². The van der Waals surface area contributed by atoms with E-state index in [0.717, 1.165) is 12.8 Å². The summed E-state index contributed by atoms with van der Waals surface area (Å²) in [5, 5.41) is 10.1. The number of carbonyl (C=O) groups excluding carboxylic acids is 1. The van der Waals surface area contributed by atoms with E-state index < -0.39 is 5.97 Å². The Labute approximate surface area is 146 Å². The summed E-state index contributed by atoms with van der Waals surface area (Å²) in [6.07, 6.45) is 11.2. The molecule has 0 heterocycles. The quantitative estimate of drug-likeness (QED) is 0.306. The Kier molecular flexibility index (Phi) is 35.4. The zero-order chi connectivity index (χ0) is 10.6. The van der Waals surface area contributed by atoms with Gasteiger partial charge in [0.15, 0.2) is 0 Å². The number of carbonyl (C=O) groups is 1. The monoisotopic (exact) mass is 472 g/mol. The summed E-state index contributed by atoms with van der Waals surface area (Å²) in [6, 6.07) is 0. The number of halogens is 2. The molecule has 0 saturated carbocycles. The number of aliphatic carboxylic acids is 1. The fourth-order valence-corrected chi connectivity index (χ4v) is 1.58. The van der Waals surface area contributed by atoms with Crippen molar-refractivity contribution in [3.8, 4) is 0 Å². The average molecular weight is 474 g/mol. The van der Waals surface area contributed by atoms with Crippen molar-refractivity contribution in [2.24, 2.45) is 0 Å². The maximum atomic E-state index is 10.1. The first-order valence-corrected chi connectivity index (χ1v) is 5.97. The van der Waals surface area contributed by atoms with Crippen LogP contribution in [-0.2, 0) is 4.79 Å². The van der Waals surface area contributed by atoms with Gasteiger partial charge in [0.25, 0.3) is 0 Å². The summed E-state index contributed by atoms with van der Waals surface area (Å²) in [4.78, 5) is 10.1. The molecule has 0 N–H and O–H groups in total. The second-order valence-corrected chi connectivity index (χ2v) is 3.95. The van der Waals surface area contributed by atoms with E-state index in [-0.39, 0.29) is 66.2 Å². The largest absolute Gasteiger partial charge is 3.00 e. The van der Waals surface area contributed by atoms with Crippen molar-refractivity contribution in [2.45, 2.75) is 71.1 Å². The Morgan fingerprint density at radius 3 is 1.53 bits per heavy atom. The molecule has 0 aliphatic carbocycles. The van der Waals surface area contributed by atoms with Gasteiger partial charge in [0.1, 0.15) is 0 Å². The van der Waals surface area contributed by atoms with E-state index in [4.69, 9.17) is 0 Å². The van der Waals surface area contributed by atoms with Crippen LogP contribution in [0.3, 0.4) is 0 Å². The average Bonchev–Trinajstić information content (AvgIpc) is 2.15. The van der Waals surface area contributed by atoms with E-state index in [0.29, 0.717) is 0 Å². The predicted molar refractivity (Wildman–Crippen MR) is 62.6 cm³/mol. The molecule has 0 aromatic heterocycles. The molecule has 0 radical (unpaired) electrons. The number of carboxylic acid groups (broad SMARTS) is 1. The summed E-state index contributed by atoms with van der Waals surface area (Å²) < 4.78 is 0. The number of carboxylic acids is 1. The van der Waals surface area contributed by atoms with E-state index >= 15 is 0 Å². The van der Waals surface area contributed by atoms with Crippen LogP contribution >= 0.6 is 0 Å². The number of rotatable bonds is 10. The van der Waals surface area contributed by atoms with Crippen molar-refractivity contribution in [1.82, 2.24) is 0 Å². The van der Waals surface area contributed by atoms with Gasteiger partial charge in [-0.05, 0) is 12.8 Å². The van der Waals surface area contributed by atoms with Crippen molar-refractivity contribution in [3.05, 3.63) is 0 Å².